The van der Waals surface area contributed by atoms with Crippen LogP contribution in [0.4, 0.5) is 5.69 Å². The van der Waals surface area contributed by atoms with E-state index in [9.17, 15) is 0 Å². The van der Waals surface area contributed by atoms with Gasteiger partial charge in [-0.1, -0.05) is 29.8 Å². The predicted molar refractivity (Wildman–Crippen MR) is 109 cm³/mol. The Kier molecular flexibility index (Phi) is 5.17. The number of ether oxygens (including phenoxy) is 1. The maximum Gasteiger partial charge on any atom is 0.119 e. The molecule has 2 aromatic carbocycles. The largest absolute Gasteiger partial charge is 0.489 e. The van der Waals surface area contributed by atoms with E-state index in [0.717, 1.165) is 27.9 Å². The first-order valence-electron chi connectivity index (χ1n) is 8.67. The van der Waals surface area contributed by atoms with Gasteiger partial charge in [0.05, 0.1) is 5.52 Å². The minimum absolute atomic E-state index is 0.511. The molecular formula is C22H18ClN3O. The Hall–Kier alpha value is -3.11. The molecule has 4 aromatic rings. The zero-order valence-electron chi connectivity index (χ0n) is 14.6. The number of benzene rings is 2. The van der Waals surface area contributed by atoms with Crippen LogP contribution in [0.25, 0.3) is 10.9 Å². The first kappa shape index (κ1) is 17.3. The zero-order chi connectivity index (χ0) is 18.5. The highest BCUT2D eigenvalue weighted by molar-refractivity contribution is 6.31. The molecule has 27 heavy (non-hydrogen) atoms. The Balaban J connectivity index is 1.39. The number of rotatable bonds is 6. The van der Waals surface area contributed by atoms with Gasteiger partial charge in [0, 0.05) is 46.8 Å². The molecule has 0 aliphatic heterocycles. The number of hydrogen-bond donors (Lipinski definition) is 1. The minimum atomic E-state index is 0.511. The van der Waals surface area contributed by atoms with Crippen molar-refractivity contribution in [2.75, 3.05) is 5.32 Å². The van der Waals surface area contributed by atoms with Crippen LogP contribution >= 0.6 is 11.6 Å². The maximum atomic E-state index is 6.05. The molecule has 2 aromatic heterocycles. The maximum absolute atomic E-state index is 6.05. The van der Waals surface area contributed by atoms with E-state index in [2.05, 4.69) is 27.4 Å². The molecule has 134 valence electrons. The van der Waals surface area contributed by atoms with Gasteiger partial charge in [0.15, 0.2) is 0 Å². The molecule has 0 aliphatic rings. The summed E-state index contributed by atoms with van der Waals surface area (Å²) < 4.78 is 5.80. The van der Waals surface area contributed by atoms with Gasteiger partial charge in [0.25, 0.3) is 0 Å². The van der Waals surface area contributed by atoms with Gasteiger partial charge >= 0.3 is 0 Å². The number of hydrogen-bond acceptors (Lipinski definition) is 4. The lowest BCUT2D eigenvalue weighted by molar-refractivity contribution is 0.305. The van der Waals surface area contributed by atoms with Crippen molar-refractivity contribution in [2.45, 2.75) is 13.2 Å². The molecule has 4 rings (SSSR count). The molecule has 0 saturated carbocycles. The zero-order valence-corrected chi connectivity index (χ0v) is 15.4. The number of aromatic nitrogens is 2. The van der Waals surface area contributed by atoms with Gasteiger partial charge < -0.3 is 10.1 Å². The number of nitrogens with one attached hydrogen (secondary N) is 1. The van der Waals surface area contributed by atoms with Crippen molar-refractivity contribution in [1.29, 1.82) is 0 Å². The molecular weight excluding hydrogens is 358 g/mol. The molecule has 4 nitrogen and oxygen atoms in total. The predicted octanol–water partition coefficient (Wildman–Crippen LogP) is 5.47. The Bertz CT molecular complexity index is 1040. The van der Waals surface area contributed by atoms with Crippen molar-refractivity contribution in [3.63, 3.8) is 0 Å². The highest BCUT2D eigenvalue weighted by Crippen LogP contribution is 2.25. The molecule has 1 N–H and O–H groups in total. The Morgan fingerprint density at radius 3 is 2.63 bits per heavy atom. The van der Waals surface area contributed by atoms with Crippen LogP contribution in [0.1, 0.15) is 11.1 Å². The van der Waals surface area contributed by atoms with Crippen molar-refractivity contribution in [3.05, 3.63) is 95.4 Å². The Morgan fingerprint density at radius 2 is 1.81 bits per heavy atom. The molecule has 0 radical (unpaired) electrons. The topological polar surface area (TPSA) is 47.0 Å². The summed E-state index contributed by atoms with van der Waals surface area (Å²) in [4.78, 5) is 8.46. The molecule has 0 spiro atoms. The molecule has 5 heteroatoms. The third-order valence-electron chi connectivity index (χ3n) is 4.24. The number of pyridine rings is 2. The van der Waals surface area contributed by atoms with E-state index in [1.54, 1.807) is 12.4 Å². The van der Waals surface area contributed by atoms with Gasteiger partial charge in [0.1, 0.15) is 12.4 Å². The molecule has 0 aliphatic carbocycles. The van der Waals surface area contributed by atoms with Crippen LogP contribution in [0.2, 0.25) is 5.02 Å². The normalized spacial score (nSPS) is 10.7. The van der Waals surface area contributed by atoms with Gasteiger partial charge in [-0.2, -0.15) is 0 Å². The van der Waals surface area contributed by atoms with Gasteiger partial charge in [-0.05, 0) is 48.0 Å². The average molecular weight is 376 g/mol. The summed E-state index contributed by atoms with van der Waals surface area (Å²) >= 11 is 6.05. The van der Waals surface area contributed by atoms with Crippen LogP contribution in [0.5, 0.6) is 5.75 Å². The summed E-state index contributed by atoms with van der Waals surface area (Å²) in [7, 11) is 0. The van der Waals surface area contributed by atoms with Crippen molar-refractivity contribution in [3.8, 4) is 5.75 Å². The van der Waals surface area contributed by atoms with Crippen molar-refractivity contribution < 1.29 is 4.74 Å². The smallest absolute Gasteiger partial charge is 0.119 e. The van der Waals surface area contributed by atoms with Crippen LogP contribution in [0.15, 0.2) is 79.3 Å². The van der Waals surface area contributed by atoms with E-state index in [4.69, 9.17) is 16.3 Å². The van der Waals surface area contributed by atoms with Crippen LogP contribution in [-0.2, 0) is 13.2 Å². The molecule has 0 saturated heterocycles. The van der Waals surface area contributed by atoms with Crippen molar-refractivity contribution >= 4 is 28.2 Å². The fourth-order valence-corrected chi connectivity index (χ4v) is 2.99. The van der Waals surface area contributed by atoms with Gasteiger partial charge in [-0.15, -0.1) is 0 Å². The summed E-state index contributed by atoms with van der Waals surface area (Å²) in [6.07, 6.45) is 5.35. The van der Waals surface area contributed by atoms with Crippen LogP contribution < -0.4 is 10.1 Å². The Morgan fingerprint density at radius 1 is 0.926 bits per heavy atom. The molecule has 0 unspecified atom stereocenters. The molecule has 2 heterocycles. The summed E-state index contributed by atoms with van der Waals surface area (Å²) in [6.45, 7) is 1.22. The van der Waals surface area contributed by atoms with E-state index in [-0.39, 0.29) is 0 Å². The third kappa shape index (κ3) is 4.36. The molecule has 0 amide bonds. The fourth-order valence-electron chi connectivity index (χ4n) is 2.83. The van der Waals surface area contributed by atoms with Crippen molar-refractivity contribution in [1.82, 2.24) is 9.97 Å². The van der Waals surface area contributed by atoms with E-state index in [0.29, 0.717) is 18.2 Å². The van der Waals surface area contributed by atoms with Gasteiger partial charge in [-0.25, -0.2) is 0 Å². The standard InChI is InChI=1S/C22H18ClN3O/c23-18-5-8-20-21(9-11-25-22(20)12-18)26-14-16-3-6-19(7-4-16)27-15-17-2-1-10-24-13-17/h1-13H,14-15H2,(H,25,26). The highest BCUT2D eigenvalue weighted by Gasteiger charge is 2.03. The fraction of sp³-hybridized carbons (Fsp3) is 0.0909. The summed E-state index contributed by atoms with van der Waals surface area (Å²) in [5.74, 6) is 0.839. The van der Waals surface area contributed by atoms with Crippen LogP contribution in [0, 0.1) is 0 Å². The minimum Gasteiger partial charge on any atom is -0.489 e. The van der Waals surface area contributed by atoms with E-state index in [1.807, 2.05) is 54.7 Å². The summed E-state index contributed by atoms with van der Waals surface area (Å²) in [5.41, 5.74) is 4.13. The average Bonchev–Trinajstić information content (AvgIpc) is 2.72. The van der Waals surface area contributed by atoms with Gasteiger partial charge in [-0.3, -0.25) is 9.97 Å². The van der Waals surface area contributed by atoms with Crippen LogP contribution in [-0.4, -0.2) is 9.97 Å². The SMILES string of the molecule is Clc1ccc2c(NCc3ccc(OCc4cccnc4)cc3)ccnc2c1. The quantitative estimate of drug-likeness (QED) is 0.485. The summed E-state index contributed by atoms with van der Waals surface area (Å²) in [6, 6.07) is 19.7. The monoisotopic (exact) mass is 375 g/mol. The lowest BCUT2D eigenvalue weighted by Crippen LogP contribution is -2.01. The second kappa shape index (κ2) is 8.06. The number of halogens is 1. The Labute approximate surface area is 162 Å². The molecule has 0 bridgehead atoms. The van der Waals surface area contributed by atoms with Crippen molar-refractivity contribution in [2.24, 2.45) is 0 Å². The molecule has 0 fully saturated rings. The summed E-state index contributed by atoms with van der Waals surface area (Å²) in [5, 5.41) is 5.21. The van der Waals surface area contributed by atoms with Gasteiger partial charge in [0.2, 0.25) is 0 Å². The first-order valence-corrected chi connectivity index (χ1v) is 9.04. The third-order valence-corrected chi connectivity index (χ3v) is 4.47. The number of fused-ring (bicyclic) bond motifs is 1. The lowest BCUT2D eigenvalue weighted by atomic mass is 10.1. The second-order valence-corrected chi connectivity index (χ2v) is 6.60. The lowest BCUT2D eigenvalue weighted by Gasteiger charge is -2.11. The van der Waals surface area contributed by atoms with E-state index in [1.165, 1.54) is 5.56 Å². The molecule has 0 atom stereocenters. The number of nitrogens with zero attached hydrogens (tertiary/aromatic N) is 2. The number of anilines is 1. The highest BCUT2D eigenvalue weighted by atomic mass is 35.5. The van der Waals surface area contributed by atoms with E-state index >= 15 is 0 Å². The second-order valence-electron chi connectivity index (χ2n) is 6.17. The van der Waals surface area contributed by atoms with E-state index < -0.39 is 0 Å². The first-order chi connectivity index (χ1) is 13.3. The van der Waals surface area contributed by atoms with Crippen LogP contribution in [0.3, 0.4) is 0 Å².